The summed E-state index contributed by atoms with van der Waals surface area (Å²) in [7, 11) is -1.58. The maximum absolute atomic E-state index is 13.0. The fourth-order valence-electron chi connectivity index (χ4n) is 1.36. The lowest BCUT2D eigenvalue weighted by atomic mass is 10.3. The van der Waals surface area contributed by atoms with E-state index in [-0.39, 0.29) is 17.9 Å². The third kappa shape index (κ3) is 3.87. The lowest BCUT2D eigenvalue weighted by Crippen LogP contribution is -2.18. The van der Waals surface area contributed by atoms with Gasteiger partial charge in [0.05, 0.1) is 23.8 Å². The van der Waals surface area contributed by atoms with Crippen LogP contribution in [0, 0.1) is 11.6 Å². The van der Waals surface area contributed by atoms with Crippen LogP contribution < -0.4 is 0 Å². The van der Waals surface area contributed by atoms with Crippen molar-refractivity contribution >= 4 is 16.8 Å². The number of esters is 1. The van der Waals surface area contributed by atoms with Crippen LogP contribution in [0.4, 0.5) is 8.78 Å². The van der Waals surface area contributed by atoms with Crippen molar-refractivity contribution in [3.8, 4) is 0 Å². The van der Waals surface area contributed by atoms with Crippen LogP contribution in [-0.4, -0.2) is 22.0 Å². The molecule has 1 aromatic rings. The van der Waals surface area contributed by atoms with Gasteiger partial charge >= 0.3 is 5.97 Å². The molecule has 2 atom stereocenters. The van der Waals surface area contributed by atoms with E-state index in [1.807, 2.05) is 0 Å². The molecular formula is C12H14F2O3S. The molecule has 0 spiro atoms. The Morgan fingerprint density at radius 3 is 2.61 bits per heavy atom. The molecule has 0 aliphatic heterocycles. The second-order valence-electron chi connectivity index (χ2n) is 3.69. The molecule has 2 unspecified atom stereocenters. The molecule has 0 radical (unpaired) electrons. The van der Waals surface area contributed by atoms with Crippen LogP contribution in [0.3, 0.4) is 0 Å². The van der Waals surface area contributed by atoms with Crippen molar-refractivity contribution in [1.82, 2.24) is 0 Å². The highest BCUT2D eigenvalue weighted by Crippen LogP contribution is 2.17. The van der Waals surface area contributed by atoms with Crippen LogP contribution in [0.25, 0.3) is 0 Å². The SMILES string of the molecule is CCOC(=O)CC(C)S(=O)c1ccc(F)c(F)c1. The van der Waals surface area contributed by atoms with Crippen LogP contribution in [0.2, 0.25) is 0 Å². The van der Waals surface area contributed by atoms with E-state index in [4.69, 9.17) is 4.74 Å². The minimum absolute atomic E-state index is 0.0283. The van der Waals surface area contributed by atoms with E-state index in [9.17, 15) is 17.8 Å². The molecule has 100 valence electrons. The van der Waals surface area contributed by atoms with Gasteiger partial charge in [-0.2, -0.15) is 0 Å². The Hall–Kier alpha value is -1.30. The van der Waals surface area contributed by atoms with Gasteiger partial charge in [0.25, 0.3) is 0 Å². The van der Waals surface area contributed by atoms with E-state index in [1.54, 1.807) is 13.8 Å². The molecule has 0 saturated carbocycles. The fourth-order valence-corrected chi connectivity index (χ4v) is 2.54. The molecule has 0 amide bonds. The summed E-state index contributed by atoms with van der Waals surface area (Å²) in [4.78, 5) is 11.4. The molecule has 0 fully saturated rings. The molecule has 0 saturated heterocycles. The van der Waals surface area contributed by atoms with E-state index in [0.29, 0.717) is 0 Å². The van der Waals surface area contributed by atoms with E-state index in [0.717, 1.165) is 12.1 Å². The summed E-state index contributed by atoms with van der Waals surface area (Å²) in [6.07, 6.45) is -0.0283. The Morgan fingerprint density at radius 1 is 1.39 bits per heavy atom. The topological polar surface area (TPSA) is 43.4 Å². The molecule has 0 aromatic heterocycles. The van der Waals surface area contributed by atoms with Crippen LogP contribution in [0.15, 0.2) is 23.1 Å². The summed E-state index contributed by atoms with van der Waals surface area (Å²) in [6.45, 7) is 3.52. The predicted octanol–water partition coefficient (Wildman–Crippen LogP) is 2.41. The van der Waals surface area contributed by atoms with Crippen molar-refractivity contribution < 1.29 is 22.5 Å². The number of rotatable bonds is 5. The molecular weight excluding hydrogens is 262 g/mol. The summed E-state index contributed by atoms with van der Waals surface area (Å²) in [5.41, 5.74) is 0. The van der Waals surface area contributed by atoms with Crippen molar-refractivity contribution in [3.63, 3.8) is 0 Å². The van der Waals surface area contributed by atoms with Crippen molar-refractivity contribution in [2.45, 2.75) is 30.4 Å². The summed E-state index contributed by atoms with van der Waals surface area (Å²) in [6, 6.07) is 3.04. The number of carbonyl (C=O) groups excluding carboxylic acids is 1. The van der Waals surface area contributed by atoms with Gasteiger partial charge in [-0.3, -0.25) is 9.00 Å². The highest BCUT2D eigenvalue weighted by Gasteiger charge is 2.19. The number of hydrogen-bond acceptors (Lipinski definition) is 3. The smallest absolute Gasteiger partial charge is 0.306 e. The first-order valence-corrected chi connectivity index (χ1v) is 6.68. The van der Waals surface area contributed by atoms with Crippen molar-refractivity contribution in [1.29, 1.82) is 0 Å². The maximum atomic E-state index is 13.0. The highest BCUT2D eigenvalue weighted by molar-refractivity contribution is 7.85. The summed E-state index contributed by atoms with van der Waals surface area (Å²) < 4.78 is 42.4. The molecule has 0 N–H and O–H groups in total. The fraction of sp³-hybridized carbons (Fsp3) is 0.417. The monoisotopic (exact) mass is 276 g/mol. The largest absolute Gasteiger partial charge is 0.466 e. The molecule has 0 aliphatic rings. The summed E-state index contributed by atoms with van der Waals surface area (Å²) in [5, 5.41) is -0.520. The third-order valence-electron chi connectivity index (χ3n) is 2.25. The Labute approximate surface area is 107 Å². The first-order chi connectivity index (χ1) is 8.45. The average molecular weight is 276 g/mol. The van der Waals surface area contributed by atoms with Crippen molar-refractivity contribution in [2.75, 3.05) is 6.61 Å². The molecule has 6 heteroatoms. The van der Waals surface area contributed by atoms with Crippen LogP contribution in [0.5, 0.6) is 0 Å². The zero-order valence-corrected chi connectivity index (χ0v) is 10.9. The lowest BCUT2D eigenvalue weighted by Gasteiger charge is -2.10. The van der Waals surface area contributed by atoms with Gasteiger partial charge in [-0.25, -0.2) is 8.78 Å². The van der Waals surface area contributed by atoms with Gasteiger partial charge < -0.3 is 4.74 Å². The molecule has 0 bridgehead atoms. The molecule has 3 nitrogen and oxygen atoms in total. The minimum atomic E-state index is -1.58. The molecule has 0 aliphatic carbocycles. The van der Waals surface area contributed by atoms with Crippen molar-refractivity contribution in [2.24, 2.45) is 0 Å². The van der Waals surface area contributed by atoms with E-state index < -0.39 is 33.7 Å². The van der Waals surface area contributed by atoms with Crippen LogP contribution in [-0.2, 0) is 20.3 Å². The molecule has 1 aromatic carbocycles. The minimum Gasteiger partial charge on any atom is -0.466 e. The molecule has 18 heavy (non-hydrogen) atoms. The first kappa shape index (κ1) is 14.8. The first-order valence-electron chi connectivity index (χ1n) is 5.47. The zero-order valence-electron chi connectivity index (χ0n) is 10.1. The Balaban J connectivity index is 2.74. The van der Waals surface area contributed by atoms with Gasteiger partial charge in [0.1, 0.15) is 0 Å². The third-order valence-corrected chi connectivity index (χ3v) is 3.86. The second kappa shape index (κ2) is 6.58. The van der Waals surface area contributed by atoms with Gasteiger partial charge in [-0.15, -0.1) is 0 Å². The highest BCUT2D eigenvalue weighted by atomic mass is 32.2. The standard InChI is InChI=1S/C12H14F2O3S/c1-3-17-12(15)6-8(2)18(16)9-4-5-10(13)11(14)7-9/h4-5,7-8H,3,6H2,1-2H3. The van der Waals surface area contributed by atoms with E-state index in [1.165, 1.54) is 6.07 Å². The number of hydrogen-bond donors (Lipinski definition) is 0. The predicted molar refractivity (Wildman–Crippen MR) is 63.5 cm³/mol. The zero-order chi connectivity index (χ0) is 13.7. The van der Waals surface area contributed by atoms with Gasteiger partial charge in [0.2, 0.25) is 0 Å². The number of benzene rings is 1. The van der Waals surface area contributed by atoms with Crippen LogP contribution in [0.1, 0.15) is 20.3 Å². The Morgan fingerprint density at radius 2 is 2.06 bits per heavy atom. The Kier molecular flexibility index (Phi) is 5.40. The number of ether oxygens (including phenoxy) is 1. The average Bonchev–Trinajstić information content (AvgIpc) is 2.32. The lowest BCUT2D eigenvalue weighted by molar-refractivity contribution is -0.143. The summed E-state index contributed by atoms with van der Waals surface area (Å²) >= 11 is 0. The summed E-state index contributed by atoms with van der Waals surface area (Å²) in [5.74, 6) is -2.50. The quantitative estimate of drug-likeness (QED) is 0.776. The Bertz CT molecular complexity index is 463. The van der Waals surface area contributed by atoms with Gasteiger partial charge in [0, 0.05) is 10.1 Å². The maximum Gasteiger partial charge on any atom is 0.306 e. The van der Waals surface area contributed by atoms with Gasteiger partial charge in [-0.1, -0.05) is 0 Å². The van der Waals surface area contributed by atoms with Crippen molar-refractivity contribution in [3.05, 3.63) is 29.8 Å². The number of carbonyl (C=O) groups is 1. The second-order valence-corrected chi connectivity index (χ2v) is 5.56. The van der Waals surface area contributed by atoms with Gasteiger partial charge in [0.15, 0.2) is 11.6 Å². The molecule has 1 rings (SSSR count). The normalized spacial score (nSPS) is 14.0. The van der Waals surface area contributed by atoms with Crippen LogP contribution >= 0.6 is 0 Å². The van der Waals surface area contributed by atoms with E-state index in [2.05, 4.69) is 0 Å². The van der Waals surface area contributed by atoms with Gasteiger partial charge in [-0.05, 0) is 32.0 Å². The molecule has 0 heterocycles. The van der Waals surface area contributed by atoms with E-state index >= 15 is 0 Å². The number of halogens is 2.